The number of carbonyl (C=O) groups is 3. The van der Waals surface area contributed by atoms with E-state index in [0.717, 1.165) is 135 Å². The monoisotopic (exact) mass is 879 g/mol. The number of carbonyl (C=O) groups excluding carboxylic acids is 3. The molecule has 6 nitrogen and oxygen atoms in total. The zero-order valence-electron chi connectivity index (χ0n) is 41.2. The largest absolute Gasteiger partial charge is 0.393 e. The summed E-state index contributed by atoms with van der Waals surface area (Å²) in [7, 11) is 0. The highest BCUT2D eigenvalue weighted by atomic mass is 16.4. The standard InChI is InChI=1S/C57H98O6/c1-4-7-10-13-16-19-22-25-28-31-34-37-40-43-46-49-53(59)56(62,52-58)57(63,54(60)50-47-44-41-38-35-32-29-26-23-20-17-14-11-8-5-2)55(61)51-48-45-42-39-36-33-30-27-24-21-18-15-12-9-6-3/h16-21,25-30,58,62-63H,4-15,22-24,31-52H2,1-3H3/b19-16-,20-17-,21-18-,28-25-,29-26-,30-27-/t56-/m1/s1. The number of hydrogen-bond acceptors (Lipinski definition) is 6. The number of aliphatic hydroxyl groups excluding tert-OH is 1. The van der Waals surface area contributed by atoms with Crippen LogP contribution in [0.5, 0.6) is 0 Å². The van der Waals surface area contributed by atoms with E-state index >= 15 is 0 Å². The molecule has 0 fully saturated rings. The third-order valence-corrected chi connectivity index (χ3v) is 12.2. The molecule has 0 bridgehead atoms. The van der Waals surface area contributed by atoms with Gasteiger partial charge < -0.3 is 15.3 Å². The molecule has 0 aromatic heterocycles. The summed E-state index contributed by atoms with van der Waals surface area (Å²) >= 11 is 0. The quantitative estimate of drug-likeness (QED) is 0.0319. The Bertz CT molecular complexity index is 1210. The molecule has 6 heteroatoms. The van der Waals surface area contributed by atoms with Crippen LogP contribution < -0.4 is 0 Å². The Morgan fingerprint density at radius 2 is 0.571 bits per heavy atom. The van der Waals surface area contributed by atoms with Crippen LogP contribution in [-0.4, -0.2) is 50.5 Å². The van der Waals surface area contributed by atoms with Crippen LogP contribution in [0, 0.1) is 0 Å². The predicted molar refractivity (Wildman–Crippen MR) is 270 cm³/mol. The highest BCUT2D eigenvalue weighted by Crippen LogP contribution is 2.32. The molecule has 0 aromatic rings. The summed E-state index contributed by atoms with van der Waals surface area (Å²) < 4.78 is 0. The lowest BCUT2D eigenvalue weighted by Crippen LogP contribution is -2.69. The lowest BCUT2D eigenvalue weighted by Gasteiger charge is -2.39. The fourth-order valence-electron chi connectivity index (χ4n) is 7.88. The van der Waals surface area contributed by atoms with Crippen molar-refractivity contribution in [2.45, 2.75) is 263 Å². The molecule has 0 heterocycles. The van der Waals surface area contributed by atoms with E-state index in [1.165, 1.54) is 57.8 Å². The highest BCUT2D eigenvalue weighted by molar-refractivity contribution is 6.16. The number of ketones is 3. The maximum absolute atomic E-state index is 13.8. The summed E-state index contributed by atoms with van der Waals surface area (Å²) in [6, 6.07) is 0. The van der Waals surface area contributed by atoms with Crippen LogP contribution in [0.15, 0.2) is 72.9 Å². The molecule has 0 unspecified atom stereocenters. The van der Waals surface area contributed by atoms with E-state index in [4.69, 9.17) is 0 Å². The van der Waals surface area contributed by atoms with Crippen LogP contribution in [0.1, 0.15) is 252 Å². The summed E-state index contributed by atoms with van der Waals surface area (Å²) in [5, 5.41) is 34.1. The molecule has 0 radical (unpaired) electrons. The van der Waals surface area contributed by atoms with Crippen molar-refractivity contribution in [1.29, 1.82) is 0 Å². The molecule has 0 aliphatic carbocycles. The number of unbranched alkanes of at least 4 members (excludes halogenated alkanes) is 24. The molecule has 0 saturated carbocycles. The van der Waals surface area contributed by atoms with Gasteiger partial charge in [-0.25, -0.2) is 0 Å². The Labute approximate surface area is 388 Å². The lowest BCUT2D eigenvalue weighted by atomic mass is 9.71. The maximum Gasteiger partial charge on any atom is 0.219 e. The van der Waals surface area contributed by atoms with E-state index in [2.05, 4.69) is 93.7 Å². The zero-order valence-corrected chi connectivity index (χ0v) is 41.2. The first-order valence-corrected chi connectivity index (χ1v) is 26.3. The Balaban J connectivity index is 5.06. The van der Waals surface area contributed by atoms with Crippen LogP contribution in [0.3, 0.4) is 0 Å². The van der Waals surface area contributed by atoms with Crippen molar-refractivity contribution in [3.63, 3.8) is 0 Å². The third kappa shape index (κ3) is 31.8. The summed E-state index contributed by atoms with van der Waals surface area (Å²) in [6.07, 6.45) is 59.6. The molecule has 63 heavy (non-hydrogen) atoms. The van der Waals surface area contributed by atoms with Crippen LogP contribution in [0.4, 0.5) is 0 Å². The average Bonchev–Trinajstić information content (AvgIpc) is 3.29. The molecule has 0 amide bonds. The lowest BCUT2D eigenvalue weighted by molar-refractivity contribution is -0.194. The first-order chi connectivity index (χ1) is 30.8. The van der Waals surface area contributed by atoms with Crippen molar-refractivity contribution < 1.29 is 29.7 Å². The van der Waals surface area contributed by atoms with Gasteiger partial charge in [-0.05, 0) is 116 Å². The van der Waals surface area contributed by atoms with Gasteiger partial charge in [-0.1, -0.05) is 190 Å². The molecule has 0 saturated heterocycles. The summed E-state index contributed by atoms with van der Waals surface area (Å²) in [5.74, 6) is -2.55. The van der Waals surface area contributed by atoms with Crippen molar-refractivity contribution >= 4 is 17.3 Å². The van der Waals surface area contributed by atoms with Crippen LogP contribution in [-0.2, 0) is 14.4 Å². The molecule has 362 valence electrons. The molecule has 3 N–H and O–H groups in total. The van der Waals surface area contributed by atoms with Gasteiger partial charge in [-0.3, -0.25) is 14.4 Å². The van der Waals surface area contributed by atoms with Gasteiger partial charge in [0.25, 0.3) is 0 Å². The Morgan fingerprint density at radius 1 is 0.333 bits per heavy atom. The number of allylic oxidation sites excluding steroid dienone is 12. The number of Topliss-reactive ketones (excluding diaryl/α,β-unsaturated/α-hetero) is 3. The van der Waals surface area contributed by atoms with E-state index in [9.17, 15) is 29.7 Å². The normalized spacial score (nSPS) is 13.6. The third-order valence-electron chi connectivity index (χ3n) is 12.2. The summed E-state index contributed by atoms with van der Waals surface area (Å²) in [6.45, 7) is 5.48. The minimum atomic E-state index is -2.96. The number of hydrogen-bond donors (Lipinski definition) is 3. The average molecular weight is 879 g/mol. The second-order valence-corrected chi connectivity index (χ2v) is 17.9. The highest BCUT2D eigenvalue weighted by Gasteiger charge is 2.62. The van der Waals surface area contributed by atoms with E-state index in [-0.39, 0.29) is 19.3 Å². The van der Waals surface area contributed by atoms with Crippen LogP contribution in [0.25, 0.3) is 0 Å². The second kappa shape index (κ2) is 44.5. The molecular weight excluding hydrogens is 781 g/mol. The molecule has 1 atom stereocenters. The summed E-state index contributed by atoms with van der Waals surface area (Å²) in [5.41, 5.74) is -5.81. The molecule has 0 rings (SSSR count). The second-order valence-electron chi connectivity index (χ2n) is 17.9. The first kappa shape index (κ1) is 60.3. The molecule has 0 aromatic carbocycles. The molecule has 0 spiro atoms. The first-order valence-electron chi connectivity index (χ1n) is 26.3. The Hall–Kier alpha value is -2.67. The molecule has 0 aliphatic rings. The van der Waals surface area contributed by atoms with Gasteiger partial charge in [0.15, 0.2) is 23.0 Å². The Kier molecular flexibility index (Phi) is 42.6. The van der Waals surface area contributed by atoms with E-state index < -0.39 is 35.2 Å². The SMILES string of the molecule is CCCCC/C=C\C/C=C\CCCCCCCC(=O)C(O)(C(=O)CCCCCCC/C=C\C/C=C\CCCCC)[C@@](O)(CO)C(=O)CCCCCCC/C=C\C/C=C\CCCCC. The van der Waals surface area contributed by atoms with Crippen molar-refractivity contribution in [2.24, 2.45) is 0 Å². The summed E-state index contributed by atoms with van der Waals surface area (Å²) in [4.78, 5) is 41.2. The van der Waals surface area contributed by atoms with Crippen molar-refractivity contribution in [3.8, 4) is 0 Å². The fraction of sp³-hybridized carbons (Fsp3) is 0.737. The van der Waals surface area contributed by atoms with E-state index in [0.29, 0.717) is 19.3 Å². The fourth-order valence-corrected chi connectivity index (χ4v) is 7.88. The number of rotatable bonds is 47. The van der Waals surface area contributed by atoms with Gasteiger partial charge in [0.1, 0.15) is 0 Å². The van der Waals surface area contributed by atoms with Crippen molar-refractivity contribution in [3.05, 3.63) is 72.9 Å². The smallest absolute Gasteiger partial charge is 0.219 e. The van der Waals surface area contributed by atoms with Gasteiger partial charge in [0, 0.05) is 19.3 Å². The van der Waals surface area contributed by atoms with Gasteiger partial charge in [0.2, 0.25) is 5.60 Å². The minimum Gasteiger partial charge on any atom is -0.393 e. The zero-order chi connectivity index (χ0) is 46.4. The van der Waals surface area contributed by atoms with Gasteiger partial charge in [-0.2, -0.15) is 0 Å². The molecule has 0 aliphatic heterocycles. The number of aliphatic hydroxyl groups is 3. The predicted octanol–water partition coefficient (Wildman–Crippen LogP) is 15.6. The van der Waals surface area contributed by atoms with Gasteiger partial charge in [-0.15, -0.1) is 0 Å². The van der Waals surface area contributed by atoms with E-state index in [1.807, 2.05) is 0 Å². The Morgan fingerprint density at radius 3 is 0.841 bits per heavy atom. The maximum atomic E-state index is 13.8. The van der Waals surface area contributed by atoms with E-state index in [1.54, 1.807) is 0 Å². The van der Waals surface area contributed by atoms with Crippen LogP contribution in [0.2, 0.25) is 0 Å². The van der Waals surface area contributed by atoms with Gasteiger partial charge in [0.05, 0.1) is 6.61 Å². The van der Waals surface area contributed by atoms with Crippen LogP contribution >= 0.6 is 0 Å². The van der Waals surface area contributed by atoms with Crippen molar-refractivity contribution in [1.82, 2.24) is 0 Å². The minimum absolute atomic E-state index is 0.113. The topological polar surface area (TPSA) is 112 Å². The van der Waals surface area contributed by atoms with Crippen molar-refractivity contribution in [2.75, 3.05) is 6.61 Å². The van der Waals surface area contributed by atoms with Gasteiger partial charge >= 0.3 is 0 Å². The molecular formula is C57H98O6.